The number of amides is 1. The lowest BCUT2D eigenvalue weighted by atomic mass is 10.00. The van der Waals surface area contributed by atoms with Gasteiger partial charge in [0.05, 0.1) is 17.3 Å². The molecule has 0 aliphatic carbocycles. The van der Waals surface area contributed by atoms with E-state index in [2.05, 4.69) is 95.8 Å². The van der Waals surface area contributed by atoms with Gasteiger partial charge < -0.3 is 25.4 Å². The molecule has 1 atom stereocenters. The Morgan fingerprint density at radius 2 is 1.73 bits per heavy atom. The number of aliphatic hydroxyl groups is 1. The highest BCUT2D eigenvalue weighted by Crippen LogP contribution is 2.36. The molecule has 0 bridgehead atoms. The molecule has 0 spiro atoms. The molecule has 6 rings (SSSR count). The standard InChI is InChI=1S/C38H52N6O3Si/c1-28(45)43-18-15-33(16-19-43)40-36-23-32(29-10-6-5-7-11-29)22-35-37(36)44(27-47-20-21-48(2,3)4)41-38(35)39-24-34(46)26-42-17-14-30-12-8-9-13-31(30)25-42/h5-13,22-23,33-34,40,46H,14-21,24-27H2,1-4H3,(H,39,41). The molecular weight excluding hydrogens is 617 g/mol. The third-order valence-electron chi connectivity index (χ3n) is 9.64. The Kier molecular flexibility index (Phi) is 10.8. The van der Waals surface area contributed by atoms with E-state index in [0.717, 1.165) is 85.0 Å². The molecule has 1 saturated heterocycles. The highest BCUT2D eigenvalue weighted by molar-refractivity contribution is 6.76. The van der Waals surface area contributed by atoms with Crippen molar-refractivity contribution < 1.29 is 14.6 Å². The Bertz CT molecular complexity index is 1680. The van der Waals surface area contributed by atoms with Crippen molar-refractivity contribution >= 4 is 36.4 Å². The molecule has 3 aromatic carbocycles. The van der Waals surface area contributed by atoms with Gasteiger partial charge in [0.15, 0.2) is 5.82 Å². The molecule has 9 nitrogen and oxygen atoms in total. The number of anilines is 2. The first-order valence-electron chi connectivity index (χ1n) is 17.5. The van der Waals surface area contributed by atoms with Gasteiger partial charge in [0.25, 0.3) is 0 Å². The molecule has 1 unspecified atom stereocenters. The molecule has 10 heteroatoms. The van der Waals surface area contributed by atoms with Crippen LogP contribution in [-0.4, -0.2) is 90.1 Å². The molecule has 0 radical (unpaired) electrons. The summed E-state index contributed by atoms with van der Waals surface area (Å²) in [5.41, 5.74) is 6.98. The Balaban J connectivity index is 1.27. The number of nitrogens with one attached hydrogen (secondary N) is 2. The topological polar surface area (TPSA) is 94.9 Å². The second-order valence-electron chi connectivity index (χ2n) is 14.7. The van der Waals surface area contributed by atoms with Crippen molar-refractivity contribution in [1.29, 1.82) is 0 Å². The summed E-state index contributed by atoms with van der Waals surface area (Å²) in [6.45, 7) is 14.1. The van der Waals surface area contributed by atoms with E-state index in [9.17, 15) is 9.90 Å². The molecule has 1 amide bonds. The third kappa shape index (κ3) is 8.65. The summed E-state index contributed by atoms with van der Waals surface area (Å²) in [4.78, 5) is 16.3. The van der Waals surface area contributed by atoms with Gasteiger partial charge in [-0.15, -0.1) is 0 Å². The molecule has 4 aromatic rings. The number of likely N-dealkylation sites (tertiary alicyclic amines) is 1. The van der Waals surface area contributed by atoms with Crippen LogP contribution in [0, 0.1) is 0 Å². The van der Waals surface area contributed by atoms with E-state index in [4.69, 9.17) is 9.84 Å². The van der Waals surface area contributed by atoms with Gasteiger partial charge in [0.1, 0.15) is 6.73 Å². The van der Waals surface area contributed by atoms with E-state index in [1.54, 1.807) is 6.92 Å². The monoisotopic (exact) mass is 668 g/mol. The Morgan fingerprint density at radius 3 is 2.46 bits per heavy atom. The number of hydrogen-bond acceptors (Lipinski definition) is 7. The lowest BCUT2D eigenvalue weighted by Gasteiger charge is -2.32. The second kappa shape index (κ2) is 15.2. The summed E-state index contributed by atoms with van der Waals surface area (Å²) in [5, 5.41) is 24.7. The first-order chi connectivity index (χ1) is 23.1. The van der Waals surface area contributed by atoms with Gasteiger partial charge in [0, 0.05) is 72.3 Å². The number of carbonyl (C=O) groups excluding carboxylic acids is 1. The summed E-state index contributed by atoms with van der Waals surface area (Å²) >= 11 is 0. The smallest absolute Gasteiger partial charge is 0.219 e. The van der Waals surface area contributed by atoms with E-state index in [1.165, 1.54) is 11.1 Å². The Labute approximate surface area is 286 Å². The average molecular weight is 669 g/mol. The first-order valence-corrected chi connectivity index (χ1v) is 21.2. The van der Waals surface area contributed by atoms with Crippen LogP contribution in [0.5, 0.6) is 0 Å². The molecule has 48 heavy (non-hydrogen) atoms. The van der Waals surface area contributed by atoms with Crippen molar-refractivity contribution in [3.8, 4) is 11.1 Å². The van der Waals surface area contributed by atoms with Gasteiger partial charge in [-0.3, -0.25) is 9.69 Å². The molecule has 3 N–H and O–H groups in total. The lowest BCUT2D eigenvalue weighted by molar-refractivity contribution is -0.129. The quantitative estimate of drug-likeness (QED) is 0.114. The highest BCUT2D eigenvalue weighted by Gasteiger charge is 2.25. The Morgan fingerprint density at radius 1 is 1.00 bits per heavy atom. The van der Waals surface area contributed by atoms with Crippen molar-refractivity contribution in [2.45, 2.75) is 77.3 Å². The minimum Gasteiger partial charge on any atom is -0.390 e. The number of nitrogens with zero attached hydrogens (tertiary/aromatic N) is 4. The third-order valence-corrected chi connectivity index (χ3v) is 11.3. The summed E-state index contributed by atoms with van der Waals surface area (Å²) in [6.07, 6.45) is 2.23. The molecule has 3 heterocycles. The van der Waals surface area contributed by atoms with Crippen LogP contribution in [0.1, 0.15) is 30.9 Å². The van der Waals surface area contributed by atoms with Crippen molar-refractivity contribution in [3.63, 3.8) is 0 Å². The maximum Gasteiger partial charge on any atom is 0.219 e. The number of piperidine rings is 1. The summed E-state index contributed by atoms with van der Waals surface area (Å²) < 4.78 is 8.22. The van der Waals surface area contributed by atoms with Crippen LogP contribution in [0.4, 0.5) is 11.5 Å². The van der Waals surface area contributed by atoms with Crippen LogP contribution in [0.2, 0.25) is 25.7 Å². The maximum atomic E-state index is 12.0. The zero-order valence-electron chi connectivity index (χ0n) is 29.0. The van der Waals surface area contributed by atoms with E-state index < -0.39 is 14.2 Å². The number of hydrogen-bond donors (Lipinski definition) is 3. The summed E-state index contributed by atoms with van der Waals surface area (Å²) in [6, 6.07) is 24.8. The summed E-state index contributed by atoms with van der Waals surface area (Å²) in [5.74, 6) is 0.882. The lowest BCUT2D eigenvalue weighted by Crippen LogP contribution is -2.41. The fourth-order valence-electron chi connectivity index (χ4n) is 6.82. The van der Waals surface area contributed by atoms with Crippen LogP contribution in [0.15, 0.2) is 66.7 Å². The number of aliphatic hydroxyl groups excluding tert-OH is 1. The predicted molar refractivity (Wildman–Crippen MR) is 198 cm³/mol. The number of benzene rings is 3. The zero-order valence-corrected chi connectivity index (χ0v) is 30.0. The van der Waals surface area contributed by atoms with Crippen LogP contribution >= 0.6 is 0 Å². The van der Waals surface area contributed by atoms with Crippen LogP contribution in [0.25, 0.3) is 22.0 Å². The average Bonchev–Trinajstić information content (AvgIpc) is 3.43. The largest absolute Gasteiger partial charge is 0.390 e. The normalized spacial score (nSPS) is 16.6. The number of ether oxygens (including phenoxy) is 1. The minimum absolute atomic E-state index is 0.137. The van der Waals surface area contributed by atoms with Crippen LogP contribution in [0.3, 0.4) is 0 Å². The fourth-order valence-corrected chi connectivity index (χ4v) is 7.58. The van der Waals surface area contributed by atoms with Crippen molar-refractivity contribution in [3.05, 3.63) is 77.9 Å². The predicted octanol–water partition coefficient (Wildman–Crippen LogP) is 6.27. The van der Waals surface area contributed by atoms with Gasteiger partial charge in [-0.05, 0) is 59.7 Å². The van der Waals surface area contributed by atoms with Crippen LogP contribution < -0.4 is 10.6 Å². The van der Waals surface area contributed by atoms with E-state index >= 15 is 0 Å². The second-order valence-corrected chi connectivity index (χ2v) is 20.3. The van der Waals surface area contributed by atoms with Crippen molar-refractivity contribution in [1.82, 2.24) is 19.6 Å². The minimum atomic E-state index is -1.25. The first kappa shape index (κ1) is 34.2. The number of aromatic nitrogens is 2. The van der Waals surface area contributed by atoms with Gasteiger partial charge >= 0.3 is 0 Å². The Hall–Kier alpha value is -3.70. The molecule has 0 saturated carbocycles. The molecule has 1 aromatic heterocycles. The van der Waals surface area contributed by atoms with E-state index in [-0.39, 0.29) is 11.9 Å². The van der Waals surface area contributed by atoms with Crippen molar-refractivity contribution in [2.75, 3.05) is 50.0 Å². The van der Waals surface area contributed by atoms with Gasteiger partial charge in [-0.25, -0.2) is 4.68 Å². The van der Waals surface area contributed by atoms with Gasteiger partial charge in [-0.1, -0.05) is 74.2 Å². The van der Waals surface area contributed by atoms with Crippen LogP contribution in [-0.2, 0) is 29.2 Å². The number of carbonyl (C=O) groups is 1. The van der Waals surface area contributed by atoms with Gasteiger partial charge in [-0.2, -0.15) is 5.10 Å². The van der Waals surface area contributed by atoms with Crippen molar-refractivity contribution in [2.24, 2.45) is 0 Å². The zero-order chi connectivity index (χ0) is 33.7. The number of fused-ring (bicyclic) bond motifs is 2. The molecule has 1 fully saturated rings. The summed E-state index contributed by atoms with van der Waals surface area (Å²) in [7, 11) is -1.25. The molecule has 2 aliphatic heterocycles. The highest BCUT2D eigenvalue weighted by atomic mass is 28.3. The maximum absolute atomic E-state index is 12.0. The van der Waals surface area contributed by atoms with E-state index in [1.807, 2.05) is 15.6 Å². The SMILES string of the molecule is CC(=O)N1CCC(Nc2cc(-c3ccccc3)cc3c(NCC(O)CN4CCc5ccccc5C4)nn(COCC[Si](C)(C)C)c23)CC1. The number of β-amino-alcohol motifs (C(OH)–C–C–N with tert-alkyl or cyclic N) is 1. The fraction of sp³-hybridized carbons (Fsp3) is 0.474. The molecule has 256 valence electrons. The van der Waals surface area contributed by atoms with E-state index in [0.29, 0.717) is 26.4 Å². The molecular formula is C38H52N6O3Si. The van der Waals surface area contributed by atoms with Gasteiger partial charge in [0.2, 0.25) is 5.91 Å². The molecule has 2 aliphatic rings. The number of rotatable bonds is 13.